The standard InChI is InChI=1S/C22H28N2O2/c1-16-14-24(15-17(2)26-16)22(25)18(3)23-21(19-10-6-4-7-11-19)20-12-8-5-9-13-20/h4-13,16-18,21,23H,14-15H2,1-3H3/p+1/t16-,17-,18-/m1/s1. The number of hydrogen-bond donors (Lipinski definition) is 1. The predicted molar refractivity (Wildman–Crippen MR) is 103 cm³/mol. The van der Waals surface area contributed by atoms with Crippen LogP contribution in [0.5, 0.6) is 0 Å². The van der Waals surface area contributed by atoms with Gasteiger partial charge in [0, 0.05) is 24.2 Å². The molecule has 2 N–H and O–H groups in total. The molecule has 1 aliphatic heterocycles. The van der Waals surface area contributed by atoms with Gasteiger partial charge >= 0.3 is 0 Å². The molecule has 1 amide bonds. The van der Waals surface area contributed by atoms with Gasteiger partial charge in [-0.2, -0.15) is 0 Å². The molecular weight excluding hydrogens is 324 g/mol. The van der Waals surface area contributed by atoms with Gasteiger partial charge in [-0.05, 0) is 20.8 Å². The van der Waals surface area contributed by atoms with Crippen LogP contribution in [0.2, 0.25) is 0 Å². The molecule has 138 valence electrons. The van der Waals surface area contributed by atoms with Crippen molar-refractivity contribution in [1.82, 2.24) is 4.90 Å². The zero-order chi connectivity index (χ0) is 18.5. The number of benzene rings is 2. The van der Waals surface area contributed by atoms with Gasteiger partial charge in [0.2, 0.25) is 0 Å². The molecular formula is C22H29N2O2+. The molecule has 0 aromatic heterocycles. The summed E-state index contributed by atoms with van der Waals surface area (Å²) in [7, 11) is 0. The number of amides is 1. The van der Waals surface area contributed by atoms with Crippen LogP contribution in [0.25, 0.3) is 0 Å². The fourth-order valence-corrected chi connectivity index (χ4v) is 3.75. The Morgan fingerprint density at radius 3 is 1.88 bits per heavy atom. The number of rotatable bonds is 5. The third kappa shape index (κ3) is 4.51. The Morgan fingerprint density at radius 2 is 1.42 bits per heavy atom. The zero-order valence-corrected chi connectivity index (χ0v) is 15.8. The van der Waals surface area contributed by atoms with E-state index in [0.29, 0.717) is 13.1 Å². The van der Waals surface area contributed by atoms with Crippen LogP contribution < -0.4 is 5.32 Å². The van der Waals surface area contributed by atoms with Crippen LogP contribution >= 0.6 is 0 Å². The molecule has 1 fully saturated rings. The van der Waals surface area contributed by atoms with E-state index in [0.717, 1.165) is 0 Å². The van der Waals surface area contributed by atoms with Gasteiger partial charge < -0.3 is 15.0 Å². The van der Waals surface area contributed by atoms with Gasteiger partial charge in [-0.25, -0.2) is 0 Å². The highest BCUT2D eigenvalue weighted by molar-refractivity contribution is 5.80. The maximum absolute atomic E-state index is 13.0. The van der Waals surface area contributed by atoms with E-state index in [4.69, 9.17) is 4.74 Å². The first-order valence-electron chi connectivity index (χ1n) is 9.43. The van der Waals surface area contributed by atoms with Gasteiger partial charge in [0.25, 0.3) is 5.91 Å². The zero-order valence-electron chi connectivity index (χ0n) is 15.8. The number of nitrogens with zero attached hydrogens (tertiary/aromatic N) is 1. The third-order valence-electron chi connectivity index (χ3n) is 4.92. The van der Waals surface area contributed by atoms with Gasteiger partial charge in [0.05, 0.1) is 12.2 Å². The molecule has 0 aliphatic carbocycles. The Morgan fingerprint density at radius 1 is 0.962 bits per heavy atom. The molecule has 26 heavy (non-hydrogen) atoms. The van der Waals surface area contributed by atoms with E-state index in [1.807, 2.05) is 37.8 Å². The number of hydrogen-bond acceptors (Lipinski definition) is 2. The second-order valence-electron chi connectivity index (χ2n) is 7.28. The summed E-state index contributed by atoms with van der Waals surface area (Å²) >= 11 is 0. The minimum atomic E-state index is -0.155. The van der Waals surface area contributed by atoms with Crippen molar-refractivity contribution in [3.8, 4) is 0 Å². The Labute approximate surface area is 156 Å². The molecule has 1 saturated heterocycles. The van der Waals surface area contributed by atoms with Crippen LogP contribution in [0, 0.1) is 0 Å². The highest BCUT2D eigenvalue weighted by Gasteiger charge is 2.32. The van der Waals surface area contributed by atoms with Crippen LogP contribution in [0.4, 0.5) is 0 Å². The van der Waals surface area contributed by atoms with Crippen molar-refractivity contribution in [2.24, 2.45) is 0 Å². The summed E-state index contributed by atoms with van der Waals surface area (Å²) < 4.78 is 5.76. The lowest BCUT2D eigenvalue weighted by molar-refractivity contribution is -0.705. The quantitative estimate of drug-likeness (QED) is 0.897. The SMILES string of the molecule is C[C@@H]1CN(C(=O)[C@@H](C)[NH2+]C(c2ccccc2)c2ccccc2)C[C@@H](C)O1. The Hall–Kier alpha value is -2.17. The van der Waals surface area contributed by atoms with E-state index in [-0.39, 0.29) is 30.2 Å². The van der Waals surface area contributed by atoms with Crippen molar-refractivity contribution in [3.63, 3.8) is 0 Å². The topological polar surface area (TPSA) is 46.2 Å². The molecule has 0 saturated carbocycles. The van der Waals surface area contributed by atoms with E-state index in [1.165, 1.54) is 11.1 Å². The van der Waals surface area contributed by atoms with Gasteiger partial charge in [-0.15, -0.1) is 0 Å². The van der Waals surface area contributed by atoms with E-state index >= 15 is 0 Å². The summed E-state index contributed by atoms with van der Waals surface area (Å²) in [5.74, 6) is 0.184. The first-order chi connectivity index (χ1) is 12.5. The van der Waals surface area contributed by atoms with Crippen molar-refractivity contribution < 1.29 is 14.8 Å². The minimum Gasteiger partial charge on any atom is -0.372 e. The molecule has 0 bridgehead atoms. The van der Waals surface area contributed by atoms with Crippen molar-refractivity contribution in [1.29, 1.82) is 0 Å². The smallest absolute Gasteiger partial charge is 0.280 e. The summed E-state index contributed by atoms with van der Waals surface area (Å²) in [5.41, 5.74) is 2.42. The molecule has 4 nitrogen and oxygen atoms in total. The van der Waals surface area contributed by atoms with Crippen molar-refractivity contribution in [2.45, 2.75) is 45.1 Å². The van der Waals surface area contributed by atoms with Crippen LogP contribution in [0.15, 0.2) is 60.7 Å². The van der Waals surface area contributed by atoms with Crippen LogP contribution in [0.3, 0.4) is 0 Å². The molecule has 0 unspecified atom stereocenters. The van der Waals surface area contributed by atoms with Crippen molar-refractivity contribution in [2.75, 3.05) is 13.1 Å². The molecule has 0 radical (unpaired) electrons. The summed E-state index contributed by atoms with van der Waals surface area (Å²) in [5, 5.41) is 2.18. The molecule has 1 aliphatic rings. The second-order valence-corrected chi connectivity index (χ2v) is 7.28. The van der Waals surface area contributed by atoms with Crippen molar-refractivity contribution in [3.05, 3.63) is 71.8 Å². The van der Waals surface area contributed by atoms with E-state index in [9.17, 15) is 4.79 Å². The second kappa shape index (κ2) is 8.47. The van der Waals surface area contributed by atoms with Crippen LogP contribution in [-0.4, -0.2) is 42.1 Å². The van der Waals surface area contributed by atoms with Crippen LogP contribution in [-0.2, 0) is 9.53 Å². The Kier molecular flexibility index (Phi) is 6.07. The summed E-state index contributed by atoms with van der Waals surface area (Å²) in [6, 6.07) is 20.7. The molecule has 3 rings (SSSR count). The molecule has 2 aromatic rings. The fraction of sp³-hybridized carbons (Fsp3) is 0.409. The summed E-state index contributed by atoms with van der Waals surface area (Å²) in [6.45, 7) is 7.40. The fourth-order valence-electron chi connectivity index (χ4n) is 3.75. The lowest BCUT2D eigenvalue weighted by Gasteiger charge is -2.36. The number of carbonyl (C=O) groups is 1. The Bertz CT molecular complexity index is 655. The number of morpholine rings is 1. The lowest BCUT2D eigenvalue weighted by atomic mass is 9.97. The lowest BCUT2D eigenvalue weighted by Crippen LogP contribution is -2.93. The number of nitrogens with two attached hydrogens (primary N) is 1. The van der Waals surface area contributed by atoms with E-state index in [2.05, 4.69) is 53.8 Å². The highest BCUT2D eigenvalue weighted by Crippen LogP contribution is 2.18. The number of carbonyl (C=O) groups excluding carboxylic acids is 1. The molecule has 0 spiro atoms. The predicted octanol–water partition coefficient (Wildman–Crippen LogP) is 2.36. The molecule has 4 heteroatoms. The first kappa shape index (κ1) is 18.6. The third-order valence-corrected chi connectivity index (χ3v) is 4.92. The van der Waals surface area contributed by atoms with Gasteiger partial charge in [0.1, 0.15) is 6.04 Å². The molecule has 3 atom stereocenters. The van der Waals surface area contributed by atoms with Gasteiger partial charge in [-0.1, -0.05) is 60.7 Å². The largest absolute Gasteiger partial charge is 0.372 e. The van der Waals surface area contributed by atoms with Gasteiger partial charge in [0.15, 0.2) is 6.04 Å². The summed E-state index contributed by atoms with van der Waals surface area (Å²) in [4.78, 5) is 15.0. The maximum atomic E-state index is 13.0. The average molecular weight is 353 g/mol. The molecule has 2 aromatic carbocycles. The molecule has 1 heterocycles. The summed E-state index contributed by atoms with van der Waals surface area (Å²) in [6.07, 6.45) is 0.183. The minimum absolute atomic E-state index is 0.0916. The van der Waals surface area contributed by atoms with Crippen LogP contribution in [0.1, 0.15) is 37.9 Å². The highest BCUT2D eigenvalue weighted by atomic mass is 16.5. The average Bonchev–Trinajstić information content (AvgIpc) is 2.66. The first-order valence-corrected chi connectivity index (χ1v) is 9.43. The van der Waals surface area contributed by atoms with E-state index < -0.39 is 0 Å². The Balaban J connectivity index is 1.77. The monoisotopic (exact) mass is 353 g/mol. The number of quaternary nitrogens is 1. The normalized spacial score (nSPS) is 21.6. The van der Waals surface area contributed by atoms with Crippen molar-refractivity contribution >= 4 is 5.91 Å². The maximum Gasteiger partial charge on any atom is 0.280 e. The van der Waals surface area contributed by atoms with Gasteiger partial charge in [-0.3, -0.25) is 4.79 Å². The van der Waals surface area contributed by atoms with E-state index in [1.54, 1.807) is 0 Å². The number of ether oxygens (including phenoxy) is 1.